The second-order valence-electron chi connectivity index (χ2n) is 4.24. The Hall–Kier alpha value is 0.01000. The highest BCUT2D eigenvalue weighted by Gasteiger charge is 2.36. The van der Waals surface area contributed by atoms with Crippen molar-refractivity contribution < 1.29 is 25.2 Å². The van der Waals surface area contributed by atoms with E-state index in [0.717, 1.165) is 11.5 Å². The molecule has 0 saturated carbocycles. The molecule has 0 heterocycles. The summed E-state index contributed by atoms with van der Waals surface area (Å²) in [5.41, 5.74) is 0. The Morgan fingerprint density at radius 3 is 1.95 bits per heavy atom. The molecular weight excluding hydrogens is 302 g/mol. The molecule has 0 fully saturated rings. The first-order valence-electron chi connectivity index (χ1n) is 6.54. The van der Waals surface area contributed by atoms with Gasteiger partial charge in [0.15, 0.2) is 0 Å². The van der Waals surface area contributed by atoms with Gasteiger partial charge >= 0.3 is 0 Å². The zero-order valence-corrected chi connectivity index (χ0v) is 13.7. The molecule has 0 bridgehead atoms. The predicted octanol–water partition coefficient (Wildman–Crippen LogP) is -0.602. The Kier molecular flexibility index (Phi) is 10.7. The lowest BCUT2D eigenvalue weighted by atomic mass is 10.0. The molecule has 0 unspecified atom stereocenters. The van der Waals surface area contributed by atoms with Crippen molar-refractivity contribution in [3.8, 4) is 0 Å². The highest BCUT2D eigenvalue weighted by Crippen LogP contribution is 2.29. The maximum absolute atomic E-state index is 11.3. The quantitative estimate of drug-likeness (QED) is 0.341. The number of nitrogens with one attached hydrogen (secondary N) is 1. The van der Waals surface area contributed by atoms with Crippen molar-refractivity contribution in [2.24, 2.45) is 0 Å². The number of hydrogen-bond acceptors (Lipinski definition) is 7. The SMILES string of the molecule is CCSC(SCC)[C@@H](NC(C)=O)[C@@H](O)[C@H](O)[C@H](O)CO. The third-order valence-electron chi connectivity index (χ3n) is 2.62. The van der Waals surface area contributed by atoms with Crippen molar-refractivity contribution in [2.45, 2.75) is 49.7 Å². The molecule has 0 saturated heterocycles. The number of carbonyl (C=O) groups excluding carboxylic acids is 1. The molecule has 0 spiro atoms. The van der Waals surface area contributed by atoms with Gasteiger partial charge in [-0.2, -0.15) is 0 Å². The zero-order chi connectivity index (χ0) is 15.7. The van der Waals surface area contributed by atoms with Crippen molar-refractivity contribution in [3.63, 3.8) is 0 Å². The Morgan fingerprint density at radius 2 is 1.60 bits per heavy atom. The summed E-state index contributed by atoms with van der Waals surface area (Å²) in [6, 6.07) is -0.710. The van der Waals surface area contributed by atoms with Gasteiger partial charge in [-0.05, 0) is 11.5 Å². The van der Waals surface area contributed by atoms with Crippen LogP contribution in [-0.4, -0.2) is 73.4 Å². The lowest BCUT2D eigenvalue weighted by Crippen LogP contribution is -2.55. The zero-order valence-electron chi connectivity index (χ0n) is 12.0. The Labute approximate surface area is 128 Å². The van der Waals surface area contributed by atoms with Crippen LogP contribution in [0.4, 0.5) is 0 Å². The van der Waals surface area contributed by atoms with Gasteiger partial charge in [-0.1, -0.05) is 13.8 Å². The number of amides is 1. The minimum absolute atomic E-state index is 0.149. The number of aliphatic hydroxyl groups is 4. The molecule has 120 valence electrons. The van der Waals surface area contributed by atoms with Crippen LogP contribution in [0, 0.1) is 0 Å². The van der Waals surface area contributed by atoms with E-state index in [1.807, 2.05) is 13.8 Å². The van der Waals surface area contributed by atoms with Crippen LogP contribution in [-0.2, 0) is 4.79 Å². The van der Waals surface area contributed by atoms with Gasteiger partial charge in [0, 0.05) is 6.92 Å². The Balaban J connectivity index is 5.03. The van der Waals surface area contributed by atoms with Crippen LogP contribution >= 0.6 is 23.5 Å². The van der Waals surface area contributed by atoms with Crippen LogP contribution in [0.1, 0.15) is 20.8 Å². The summed E-state index contributed by atoms with van der Waals surface area (Å²) in [5.74, 6) is 1.26. The predicted molar refractivity (Wildman–Crippen MR) is 82.8 cm³/mol. The first-order valence-corrected chi connectivity index (χ1v) is 8.64. The van der Waals surface area contributed by atoms with E-state index in [2.05, 4.69) is 5.32 Å². The minimum Gasteiger partial charge on any atom is -0.394 e. The smallest absolute Gasteiger partial charge is 0.217 e. The van der Waals surface area contributed by atoms with E-state index in [0.29, 0.717) is 0 Å². The molecule has 0 aliphatic rings. The van der Waals surface area contributed by atoms with E-state index in [1.54, 1.807) is 23.5 Å². The molecule has 0 aromatic heterocycles. The topological polar surface area (TPSA) is 110 Å². The van der Waals surface area contributed by atoms with E-state index in [4.69, 9.17) is 5.11 Å². The molecule has 0 aromatic rings. The molecular formula is C12H25NO5S2. The van der Waals surface area contributed by atoms with E-state index < -0.39 is 31.0 Å². The number of rotatable bonds is 10. The molecule has 0 aromatic carbocycles. The molecule has 0 aliphatic carbocycles. The van der Waals surface area contributed by atoms with Gasteiger partial charge in [-0.3, -0.25) is 4.79 Å². The fourth-order valence-corrected chi connectivity index (χ4v) is 4.41. The van der Waals surface area contributed by atoms with E-state index in [9.17, 15) is 20.1 Å². The van der Waals surface area contributed by atoms with Crippen LogP contribution in [0.25, 0.3) is 0 Å². The lowest BCUT2D eigenvalue weighted by Gasteiger charge is -2.34. The molecule has 0 aliphatic heterocycles. The summed E-state index contributed by atoms with van der Waals surface area (Å²) >= 11 is 3.10. The molecule has 5 N–H and O–H groups in total. The van der Waals surface area contributed by atoms with Gasteiger partial charge in [0.25, 0.3) is 0 Å². The van der Waals surface area contributed by atoms with Crippen LogP contribution in [0.3, 0.4) is 0 Å². The summed E-state index contributed by atoms with van der Waals surface area (Å²) in [4.78, 5) is 11.3. The lowest BCUT2D eigenvalue weighted by molar-refractivity contribution is -0.123. The van der Waals surface area contributed by atoms with Crippen LogP contribution in [0.5, 0.6) is 0 Å². The van der Waals surface area contributed by atoms with Crippen LogP contribution in [0.15, 0.2) is 0 Å². The normalized spacial score (nSPS) is 17.6. The second kappa shape index (κ2) is 10.7. The maximum Gasteiger partial charge on any atom is 0.217 e. The fraction of sp³-hybridized carbons (Fsp3) is 0.917. The number of carbonyl (C=O) groups is 1. The second-order valence-corrected chi connectivity index (χ2v) is 7.37. The summed E-state index contributed by atoms with van der Waals surface area (Å²) in [6.45, 7) is 4.60. The van der Waals surface area contributed by atoms with Gasteiger partial charge in [0.05, 0.1) is 17.2 Å². The van der Waals surface area contributed by atoms with Gasteiger partial charge < -0.3 is 25.7 Å². The van der Waals surface area contributed by atoms with Gasteiger partial charge in [-0.25, -0.2) is 0 Å². The molecule has 1 amide bonds. The van der Waals surface area contributed by atoms with Gasteiger partial charge in [0.2, 0.25) is 5.91 Å². The average Bonchev–Trinajstić information content (AvgIpc) is 2.42. The van der Waals surface area contributed by atoms with E-state index in [1.165, 1.54) is 6.92 Å². The standard InChI is InChI=1S/C12H25NO5S2/c1-4-19-12(20-5-2)9(13-7(3)15)11(18)10(17)8(16)6-14/h8-12,14,16-18H,4-6H2,1-3H3,(H,13,15)/t8-,9+,10-,11-/m1/s1. The first kappa shape index (κ1) is 20.0. The van der Waals surface area contributed by atoms with Crippen molar-refractivity contribution in [2.75, 3.05) is 18.1 Å². The summed E-state index contributed by atoms with van der Waals surface area (Å²) in [5, 5.41) is 40.9. The highest BCUT2D eigenvalue weighted by atomic mass is 32.2. The van der Waals surface area contributed by atoms with Crippen LogP contribution in [0.2, 0.25) is 0 Å². The number of hydrogen-bond donors (Lipinski definition) is 5. The number of aliphatic hydroxyl groups excluding tert-OH is 4. The molecule has 0 radical (unpaired) electrons. The van der Waals surface area contributed by atoms with Gasteiger partial charge in [-0.15, -0.1) is 23.5 Å². The molecule has 6 nitrogen and oxygen atoms in total. The Morgan fingerprint density at radius 1 is 1.10 bits per heavy atom. The fourth-order valence-electron chi connectivity index (χ4n) is 1.68. The summed E-state index contributed by atoms with van der Waals surface area (Å²) in [6.07, 6.45) is -4.32. The largest absolute Gasteiger partial charge is 0.394 e. The van der Waals surface area contributed by atoms with Crippen molar-refractivity contribution >= 4 is 29.4 Å². The third-order valence-corrected chi connectivity index (χ3v) is 5.35. The average molecular weight is 327 g/mol. The monoisotopic (exact) mass is 327 g/mol. The summed E-state index contributed by atoms with van der Waals surface area (Å²) < 4.78 is -0.149. The minimum atomic E-state index is -1.52. The summed E-state index contributed by atoms with van der Waals surface area (Å²) in [7, 11) is 0. The van der Waals surface area contributed by atoms with E-state index in [-0.39, 0.29) is 10.5 Å². The molecule has 4 atom stereocenters. The molecule has 8 heteroatoms. The Bertz CT molecular complexity index is 277. The maximum atomic E-state index is 11.3. The first-order chi connectivity index (χ1) is 9.38. The van der Waals surface area contributed by atoms with Crippen molar-refractivity contribution in [3.05, 3.63) is 0 Å². The highest BCUT2D eigenvalue weighted by molar-refractivity contribution is 8.17. The van der Waals surface area contributed by atoms with Crippen molar-refractivity contribution in [1.82, 2.24) is 5.32 Å². The molecule has 20 heavy (non-hydrogen) atoms. The van der Waals surface area contributed by atoms with Crippen molar-refractivity contribution in [1.29, 1.82) is 0 Å². The van der Waals surface area contributed by atoms with Crippen LogP contribution < -0.4 is 5.32 Å². The number of thioether (sulfide) groups is 2. The molecule has 0 rings (SSSR count). The van der Waals surface area contributed by atoms with E-state index >= 15 is 0 Å². The van der Waals surface area contributed by atoms with Gasteiger partial charge in [0.1, 0.15) is 18.3 Å². The third kappa shape index (κ3) is 6.64.